The van der Waals surface area contributed by atoms with Gasteiger partial charge in [-0.05, 0) is 63.3 Å². The second-order valence-electron chi connectivity index (χ2n) is 10.2. The third-order valence-corrected chi connectivity index (χ3v) is 8.27. The molecule has 1 aromatic heterocycles. The maximum atomic E-state index is 13.6. The van der Waals surface area contributed by atoms with E-state index in [0.717, 1.165) is 49.7 Å². The van der Waals surface area contributed by atoms with Crippen LogP contribution in [0.25, 0.3) is 10.9 Å². The molecule has 2 aliphatic rings. The van der Waals surface area contributed by atoms with Crippen molar-refractivity contribution in [1.29, 1.82) is 0 Å². The average molecular weight is 520 g/mol. The van der Waals surface area contributed by atoms with Crippen LogP contribution < -0.4 is 10.9 Å². The first kappa shape index (κ1) is 25.7. The molecule has 5 rings (SSSR count). The van der Waals surface area contributed by atoms with Crippen LogP contribution in [0.5, 0.6) is 0 Å². The van der Waals surface area contributed by atoms with Crippen LogP contribution in [0, 0.1) is 13.8 Å². The van der Waals surface area contributed by atoms with E-state index in [-0.39, 0.29) is 35.1 Å². The van der Waals surface area contributed by atoms with Crippen LogP contribution in [0.1, 0.15) is 70.4 Å². The maximum Gasteiger partial charge on any atom is 0.262 e. The molecule has 1 aliphatic carbocycles. The minimum Gasteiger partial charge on any atom is -0.376 e. The van der Waals surface area contributed by atoms with Crippen LogP contribution in [-0.2, 0) is 11.3 Å². The minimum absolute atomic E-state index is 0.00907. The number of hydrogen-bond donors (Lipinski definition) is 1. The van der Waals surface area contributed by atoms with Crippen molar-refractivity contribution in [2.45, 2.75) is 76.2 Å². The number of rotatable bonds is 8. The summed E-state index contributed by atoms with van der Waals surface area (Å²) < 4.78 is 7.43. The molecule has 1 amide bonds. The molecule has 37 heavy (non-hydrogen) atoms. The van der Waals surface area contributed by atoms with Gasteiger partial charge < -0.3 is 10.1 Å². The lowest BCUT2D eigenvalue weighted by atomic mass is 10.0. The molecule has 7 nitrogen and oxygen atoms in total. The van der Waals surface area contributed by atoms with Crippen molar-refractivity contribution in [3.63, 3.8) is 0 Å². The number of amides is 1. The topological polar surface area (TPSA) is 90.3 Å². The van der Waals surface area contributed by atoms with Crippen molar-refractivity contribution in [2.24, 2.45) is 0 Å². The first-order valence-corrected chi connectivity index (χ1v) is 14.1. The highest BCUT2D eigenvalue weighted by molar-refractivity contribution is 7.99. The summed E-state index contributed by atoms with van der Waals surface area (Å²) >= 11 is 1.26. The molecule has 2 aromatic carbocycles. The number of ketones is 1. The average Bonchev–Trinajstić information content (AvgIpc) is 3.59. The highest BCUT2D eigenvalue weighted by Gasteiger charge is 2.23. The molecular weight excluding hydrogens is 486 g/mol. The van der Waals surface area contributed by atoms with Gasteiger partial charge in [-0.1, -0.05) is 48.4 Å². The molecule has 1 atom stereocenters. The van der Waals surface area contributed by atoms with Crippen molar-refractivity contribution >= 4 is 34.4 Å². The highest BCUT2D eigenvalue weighted by atomic mass is 32.2. The number of ether oxygens (including phenoxy) is 1. The van der Waals surface area contributed by atoms with Gasteiger partial charge in [0.25, 0.3) is 11.5 Å². The number of fused-ring (bicyclic) bond motifs is 1. The lowest BCUT2D eigenvalue weighted by Crippen LogP contribution is -2.32. The normalized spacial score (nSPS) is 17.9. The Morgan fingerprint density at radius 3 is 2.62 bits per heavy atom. The Bertz CT molecular complexity index is 1390. The predicted octanol–water partition coefficient (Wildman–Crippen LogP) is 4.84. The number of nitrogens with one attached hydrogen (secondary N) is 1. The molecule has 194 valence electrons. The SMILES string of the molecule is Cc1ccc(C(=O)CSc2nc3cc(C(=O)NC4CCCC4)ccc3c(=O)n2C[C@@H]2CCCO2)c(C)c1. The van der Waals surface area contributed by atoms with Crippen molar-refractivity contribution in [1.82, 2.24) is 14.9 Å². The molecule has 2 heterocycles. The second kappa shape index (κ2) is 11.2. The Morgan fingerprint density at radius 1 is 1.08 bits per heavy atom. The van der Waals surface area contributed by atoms with Crippen LogP contribution in [0.2, 0.25) is 0 Å². The van der Waals surface area contributed by atoms with Gasteiger partial charge in [0, 0.05) is 23.8 Å². The van der Waals surface area contributed by atoms with Gasteiger partial charge in [-0.15, -0.1) is 0 Å². The van der Waals surface area contributed by atoms with Gasteiger partial charge in [0.2, 0.25) is 0 Å². The summed E-state index contributed by atoms with van der Waals surface area (Å²) in [7, 11) is 0. The number of benzene rings is 2. The molecule has 8 heteroatoms. The van der Waals surface area contributed by atoms with Gasteiger partial charge in [0.05, 0.1) is 29.3 Å². The summed E-state index contributed by atoms with van der Waals surface area (Å²) in [5.74, 6) is 0.0125. The summed E-state index contributed by atoms with van der Waals surface area (Å²) in [6, 6.07) is 11.1. The molecule has 1 aliphatic heterocycles. The Hall–Kier alpha value is -2.97. The van der Waals surface area contributed by atoms with Crippen LogP contribution in [0.3, 0.4) is 0 Å². The number of nitrogens with zero attached hydrogens (tertiary/aromatic N) is 2. The smallest absolute Gasteiger partial charge is 0.262 e. The molecule has 0 bridgehead atoms. The van der Waals surface area contributed by atoms with E-state index in [0.29, 0.717) is 40.3 Å². The van der Waals surface area contributed by atoms with Crippen LogP contribution >= 0.6 is 11.8 Å². The fourth-order valence-corrected chi connectivity index (χ4v) is 6.17. The molecule has 0 spiro atoms. The third-order valence-electron chi connectivity index (χ3n) is 7.30. The molecule has 1 saturated carbocycles. The number of aryl methyl sites for hydroxylation is 2. The zero-order chi connectivity index (χ0) is 25.9. The Balaban J connectivity index is 1.45. The van der Waals surface area contributed by atoms with Gasteiger partial charge >= 0.3 is 0 Å². The number of thioether (sulfide) groups is 1. The summed E-state index contributed by atoms with van der Waals surface area (Å²) in [4.78, 5) is 44.3. The van der Waals surface area contributed by atoms with Crippen molar-refractivity contribution in [3.8, 4) is 0 Å². The second-order valence-corrected chi connectivity index (χ2v) is 11.1. The van der Waals surface area contributed by atoms with Gasteiger partial charge in [-0.3, -0.25) is 19.0 Å². The molecular formula is C29H33N3O4S. The largest absolute Gasteiger partial charge is 0.376 e. The summed E-state index contributed by atoms with van der Waals surface area (Å²) in [5, 5.41) is 4.03. The van der Waals surface area contributed by atoms with Gasteiger partial charge in [-0.25, -0.2) is 4.98 Å². The zero-order valence-corrected chi connectivity index (χ0v) is 22.2. The first-order valence-electron chi connectivity index (χ1n) is 13.1. The van der Waals surface area contributed by atoms with Crippen LogP contribution in [0.15, 0.2) is 46.3 Å². The molecule has 0 radical (unpaired) electrons. The summed E-state index contributed by atoms with van der Waals surface area (Å²) in [5.41, 5.74) is 3.50. The lowest BCUT2D eigenvalue weighted by Gasteiger charge is -2.17. The van der Waals surface area contributed by atoms with E-state index in [4.69, 9.17) is 9.72 Å². The van der Waals surface area contributed by atoms with Crippen molar-refractivity contribution in [2.75, 3.05) is 12.4 Å². The number of aromatic nitrogens is 2. The number of carbonyl (C=O) groups is 2. The fraction of sp³-hybridized carbons (Fsp3) is 0.448. The van der Waals surface area contributed by atoms with Gasteiger partial charge in [0.1, 0.15) is 0 Å². The van der Waals surface area contributed by atoms with Crippen molar-refractivity contribution in [3.05, 3.63) is 69.0 Å². The quantitative estimate of drug-likeness (QED) is 0.260. The maximum absolute atomic E-state index is 13.6. The van der Waals surface area contributed by atoms with E-state index >= 15 is 0 Å². The summed E-state index contributed by atoms with van der Waals surface area (Å²) in [6.07, 6.45) is 6.07. The van der Waals surface area contributed by atoms with Crippen LogP contribution in [0.4, 0.5) is 0 Å². The molecule has 1 N–H and O–H groups in total. The van der Waals surface area contributed by atoms with Crippen molar-refractivity contribution < 1.29 is 14.3 Å². The minimum atomic E-state index is -0.176. The van der Waals surface area contributed by atoms with Gasteiger partial charge in [0.15, 0.2) is 10.9 Å². The van der Waals surface area contributed by atoms with E-state index in [1.54, 1.807) is 22.8 Å². The summed E-state index contributed by atoms with van der Waals surface area (Å²) in [6.45, 7) is 5.02. The lowest BCUT2D eigenvalue weighted by molar-refractivity contribution is 0.0935. The highest BCUT2D eigenvalue weighted by Crippen LogP contribution is 2.24. The zero-order valence-electron chi connectivity index (χ0n) is 21.4. The molecule has 2 fully saturated rings. The molecule has 0 unspecified atom stereocenters. The van der Waals surface area contributed by atoms with Crippen LogP contribution in [-0.4, -0.2) is 45.7 Å². The predicted molar refractivity (Wildman–Crippen MR) is 146 cm³/mol. The molecule has 1 saturated heterocycles. The first-order chi connectivity index (χ1) is 17.9. The number of hydrogen-bond acceptors (Lipinski definition) is 6. The Morgan fingerprint density at radius 2 is 1.89 bits per heavy atom. The Kier molecular flexibility index (Phi) is 7.76. The Labute approximate surface area is 221 Å². The van der Waals surface area contributed by atoms with E-state index < -0.39 is 0 Å². The van der Waals surface area contributed by atoms with E-state index in [9.17, 15) is 14.4 Å². The monoisotopic (exact) mass is 519 g/mol. The standard InChI is InChI=1S/C29H33N3O4S/c1-18-9-11-23(19(2)14-18)26(33)17-37-29-31-25-15-20(27(34)30-21-6-3-4-7-21)10-12-24(25)28(35)32(29)16-22-8-5-13-36-22/h9-12,14-15,21-22H,3-8,13,16-17H2,1-2H3,(H,30,34)/t22-/m0/s1. The van der Waals surface area contributed by atoms with Gasteiger partial charge in [-0.2, -0.15) is 0 Å². The van der Waals surface area contributed by atoms with E-state index in [1.165, 1.54) is 11.8 Å². The van der Waals surface area contributed by atoms with E-state index in [1.807, 2.05) is 32.0 Å². The van der Waals surface area contributed by atoms with E-state index in [2.05, 4.69) is 5.32 Å². The number of Topliss-reactive ketones (excluding diaryl/α,β-unsaturated/α-hetero) is 1. The number of carbonyl (C=O) groups excluding carboxylic acids is 2. The molecule has 3 aromatic rings. The fourth-order valence-electron chi connectivity index (χ4n) is 5.28. The third kappa shape index (κ3) is 5.80.